The van der Waals surface area contributed by atoms with Gasteiger partial charge in [0.15, 0.2) is 0 Å². The fourth-order valence-electron chi connectivity index (χ4n) is 2.26. The number of carbonyl (C=O) groups excluding carboxylic acids is 1. The number of anilines is 1. The van der Waals surface area contributed by atoms with E-state index in [2.05, 4.69) is 18.6 Å². The average Bonchev–Trinajstić information content (AvgIpc) is 2.99. The van der Waals surface area contributed by atoms with E-state index in [1.807, 2.05) is 18.2 Å². The van der Waals surface area contributed by atoms with Crippen LogP contribution in [0.5, 0.6) is 0 Å². The second-order valence-electron chi connectivity index (χ2n) is 4.48. The summed E-state index contributed by atoms with van der Waals surface area (Å²) in [4.78, 5) is 12.0. The van der Waals surface area contributed by atoms with Crippen LogP contribution in [0.1, 0.15) is 19.3 Å². The van der Waals surface area contributed by atoms with E-state index in [4.69, 9.17) is 0 Å². The molecular weight excluding hydrogens is 295 g/mol. The van der Waals surface area contributed by atoms with Crippen LogP contribution in [0.25, 0.3) is 11.0 Å². The first-order chi connectivity index (χ1) is 8.83. The van der Waals surface area contributed by atoms with Crippen LogP contribution >= 0.6 is 0 Å². The molecule has 0 bridgehead atoms. The zero-order valence-electron chi connectivity index (χ0n) is 9.85. The van der Waals surface area contributed by atoms with Gasteiger partial charge in [0, 0.05) is 0 Å². The van der Waals surface area contributed by atoms with E-state index in [0.29, 0.717) is 12.5 Å². The third-order valence-corrected chi connectivity index (χ3v) is 4.29. The Balaban J connectivity index is 1.71. The van der Waals surface area contributed by atoms with Crippen molar-refractivity contribution in [3.05, 3.63) is 18.2 Å². The van der Waals surface area contributed by atoms with Crippen LogP contribution < -0.4 is 10.6 Å². The molecule has 1 aromatic heterocycles. The fourth-order valence-corrected chi connectivity index (χ4v) is 3.42. The SMILES string of the molecule is O=C(CC1CCCN1)Nc1cccc2n[se]nc12. The van der Waals surface area contributed by atoms with Crippen molar-refractivity contribution < 1.29 is 4.79 Å². The summed E-state index contributed by atoms with van der Waals surface area (Å²) in [7, 11) is 0. The van der Waals surface area contributed by atoms with Gasteiger partial charge in [-0.05, 0) is 0 Å². The van der Waals surface area contributed by atoms with E-state index >= 15 is 0 Å². The number of rotatable bonds is 3. The van der Waals surface area contributed by atoms with Crippen molar-refractivity contribution >= 4 is 37.6 Å². The number of carbonyl (C=O) groups is 1. The summed E-state index contributed by atoms with van der Waals surface area (Å²) in [5, 5.41) is 6.27. The zero-order valence-corrected chi connectivity index (χ0v) is 11.6. The molecule has 94 valence electrons. The molecule has 1 aliphatic heterocycles. The molecule has 1 aromatic carbocycles. The van der Waals surface area contributed by atoms with Crippen LogP contribution in [0.2, 0.25) is 0 Å². The number of nitrogens with one attached hydrogen (secondary N) is 2. The summed E-state index contributed by atoms with van der Waals surface area (Å²) >= 11 is -0.0594. The molecule has 1 atom stereocenters. The molecular formula is C12H14N4OSe. The molecule has 0 aliphatic carbocycles. The van der Waals surface area contributed by atoms with Crippen molar-refractivity contribution in [2.75, 3.05) is 11.9 Å². The van der Waals surface area contributed by atoms with Gasteiger partial charge in [-0.1, -0.05) is 0 Å². The summed E-state index contributed by atoms with van der Waals surface area (Å²) in [5.74, 6) is 0.0531. The van der Waals surface area contributed by atoms with Gasteiger partial charge in [-0.25, -0.2) is 0 Å². The number of amides is 1. The molecule has 2 N–H and O–H groups in total. The van der Waals surface area contributed by atoms with Gasteiger partial charge in [-0.2, -0.15) is 0 Å². The van der Waals surface area contributed by atoms with Crippen LogP contribution in [-0.2, 0) is 4.79 Å². The number of hydrogen-bond donors (Lipinski definition) is 2. The first kappa shape index (κ1) is 11.8. The summed E-state index contributed by atoms with van der Waals surface area (Å²) < 4.78 is 8.65. The molecule has 18 heavy (non-hydrogen) atoms. The van der Waals surface area contributed by atoms with Crippen molar-refractivity contribution in [3.63, 3.8) is 0 Å². The molecule has 0 radical (unpaired) electrons. The second kappa shape index (κ2) is 5.18. The predicted octanol–water partition coefficient (Wildman–Crippen LogP) is 0.767. The molecule has 1 unspecified atom stereocenters. The van der Waals surface area contributed by atoms with Gasteiger partial charge in [-0.3, -0.25) is 0 Å². The molecule has 0 spiro atoms. The number of aromatic nitrogens is 2. The standard InChI is InChI=1S/C12H14N4OSe/c17-11(7-8-3-2-6-13-8)14-9-4-1-5-10-12(9)16-18-15-10/h1,4-5,8,13H,2-3,6-7H2,(H,14,17). The van der Waals surface area contributed by atoms with Gasteiger partial charge in [0.2, 0.25) is 0 Å². The molecule has 3 rings (SSSR count). The molecule has 1 saturated heterocycles. The van der Waals surface area contributed by atoms with Crippen molar-refractivity contribution in [3.8, 4) is 0 Å². The van der Waals surface area contributed by atoms with E-state index in [1.54, 1.807) is 0 Å². The summed E-state index contributed by atoms with van der Waals surface area (Å²) in [6.07, 6.45) is 2.78. The number of benzene rings is 1. The normalized spacial score (nSPS) is 19.2. The molecule has 5 nitrogen and oxygen atoms in total. The van der Waals surface area contributed by atoms with Crippen LogP contribution in [0.4, 0.5) is 5.69 Å². The zero-order chi connectivity index (χ0) is 12.4. The Morgan fingerprint density at radius 2 is 2.44 bits per heavy atom. The van der Waals surface area contributed by atoms with Gasteiger partial charge >= 0.3 is 111 Å². The van der Waals surface area contributed by atoms with Crippen molar-refractivity contribution in [2.24, 2.45) is 0 Å². The molecule has 1 aliphatic rings. The summed E-state index contributed by atoms with van der Waals surface area (Å²) in [6, 6.07) is 6.05. The Kier molecular flexibility index (Phi) is 3.41. The fraction of sp³-hybridized carbons (Fsp3) is 0.417. The monoisotopic (exact) mass is 310 g/mol. The van der Waals surface area contributed by atoms with Crippen molar-refractivity contribution in [1.82, 2.24) is 13.3 Å². The Labute approximate surface area is 111 Å². The number of nitrogens with zero attached hydrogens (tertiary/aromatic N) is 2. The Bertz CT molecular complexity index is 562. The second-order valence-corrected chi connectivity index (χ2v) is 5.59. The van der Waals surface area contributed by atoms with E-state index in [0.717, 1.165) is 36.1 Å². The first-order valence-electron chi connectivity index (χ1n) is 6.07. The van der Waals surface area contributed by atoms with Crippen molar-refractivity contribution in [1.29, 1.82) is 0 Å². The molecule has 1 amide bonds. The molecule has 2 aromatic rings. The van der Waals surface area contributed by atoms with Gasteiger partial charge < -0.3 is 0 Å². The Morgan fingerprint density at radius 3 is 3.28 bits per heavy atom. The molecule has 2 heterocycles. The number of fused-ring (bicyclic) bond motifs is 1. The number of hydrogen-bond acceptors (Lipinski definition) is 4. The minimum atomic E-state index is -0.0594. The molecule has 0 saturated carbocycles. The Hall–Kier alpha value is -1.23. The van der Waals surface area contributed by atoms with Gasteiger partial charge in [-0.15, -0.1) is 0 Å². The van der Waals surface area contributed by atoms with E-state index in [9.17, 15) is 4.79 Å². The van der Waals surface area contributed by atoms with Crippen LogP contribution in [0.15, 0.2) is 18.2 Å². The van der Waals surface area contributed by atoms with Crippen LogP contribution in [0, 0.1) is 0 Å². The van der Waals surface area contributed by atoms with E-state index in [-0.39, 0.29) is 20.9 Å². The van der Waals surface area contributed by atoms with E-state index in [1.165, 1.54) is 0 Å². The van der Waals surface area contributed by atoms with Crippen LogP contribution in [0.3, 0.4) is 0 Å². The quantitative estimate of drug-likeness (QED) is 0.822. The predicted molar refractivity (Wildman–Crippen MR) is 70.7 cm³/mol. The summed E-state index contributed by atoms with van der Waals surface area (Å²) in [6.45, 7) is 1.02. The topological polar surface area (TPSA) is 66.9 Å². The third kappa shape index (κ3) is 2.46. The first-order valence-corrected chi connectivity index (χ1v) is 7.60. The molecule has 1 fully saturated rings. The maximum absolute atomic E-state index is 12.0. The molecule has 6 heteroatoms. The van der Waals surface area contributed by atoms with Crippen LogP contribution in [-0.4, -0.2) is 41.4 Å². The Morgan fingerprint density at radius 1 is 1.50 bits per heavy atom. The van der Waals surface area contributed by atoms with Gasteiger partial charge in [0.05, 0.1) is 0 Å². The minimum absolute atomic E-state index is 0.0531. The third-order valence-electron chi connectivity index (χ3n) is 3.15. The van der Waals surface area contributed by atoms with Gasteiger partial charge in [0.1, 0.15) is 0 Å². The van der Waals surface area contributed by atoms with Crippen molar-refractivity contribution in [2.45, 2.75) is 25.3 Å². The van der Waals surface area contributed by atoms with E-state index < -0.39 is 0 Å². The maximum atomic E-state index is 12.0. The van der Waals surface area contributed by atoms with Gasteiger partial charge in [0.25, 0.3) is 0 Å². The average molecular weight is 309 g/mol. The summed E-state index contributed by atoms with van der Waals surface area (Å²) in [5.41, 5.74) is 2.52.